The van der Waals surface area contributed by atoms with Crippen molar-refractivity contribution in [2.24, 2.45) is 52.3 Å². The summed E-state index contributed by atoms with van der Waals surface area (Å²) in [5.41, 5.74) is -0.874. The van der Waals surface area contributed by atoms with Crippen molar-refractivity contribution in [1.82, 2.24) is 0 Å². The van der Waals surface area contributed by atoms with Gasteiger partial charge < -0.3 is 94.4 Å². The smallest absolute Gasteiger partial charge is 0.187 e. The van der Waals surface area contributed by atoms with Crippen molar-refractivity contribution >= 4 is 5.78 Å². The monoisotopic (exact) mass is 934 g/mol. The summed E-state index contributed by atoms with van der Waals surface area (Å²) in [6, 6.07) is 0. The van der Waals surface area contributed by atoms with Gasteiger partial charge in [-0.15, -0.1) is 0 Å². The zero-order chi connectivity index (χ0) is 47.1. The van der Waals surface area contributed by atoms with E-state index in [2.05, 4.69) is 13.8 Å². The van der Waals surface area contributed by atoms with Crippen molar-refractivity contribution in [3.63, 3.8) is 0 Å². The number of rotatable bonds is 13. The Kier molecular flexibility index (Phi) is 14.9. The van der Waals surface area contributed by atoms with E-state index in [-0.39, 0.29) is 71.8 Å². The first-order valence-electron chi connectivity index (χ1n) is 23.8. The molecule has 8 fully saturated rings. The van der Waals surface area contributed by atoms with Crippen LogP contribution in [-0.2, 0) is 38.0 Å². The van der Waals surface area contributed by atoms with Crippen LogP contribution in [0.5, 0.6) is 0 Å². The van der Waals surface area contributed by atoms with Crippen molar-refractivity contribution in [3.8, 4) is 0 Å². The van der Waals surface area contributed by atoms with Crippen molar-refractivity contribution in [2.75, 3.05) is 26.4 Å². The first kappa shape index (κ1) is 50.3. The van der Waals surface area contributed by atoms with Crippen LogP contribution in [0.2, 0.25) is 0 Å². The summed E-state index contributed by atoms with van der Waals surface area (Å²) < 4.78 is 41.7. The van der Waals surface area contributed by atoms with Crippen molar-refractivity contribution in [3.05, 3.63) is 0 Å². The second-order valence-electron chi connectivity index (χ2n) is 21.3. The fourth-order valence-corrected chi connectivity index (χ4v) is 13.8. The van der Waals surface area contributed by atoms with E-state index in [0.717, 1.165) is 19.3 Å². The number of ketones is 1. The normalized spacial score (nSPS) is 55.0. The van der Waals surface area contributed by atoms with Crippen LogP contribution in [0.3, 0.4) is 0 Å². The number of Topliss-reactive ketones (excluding diaryl/α,β-unsaturated/α-hetero) is 1. The van der Waals surface area contributed by atoms with Crippen LogP contribution in [0.25, 0.3) is 0 Å². The number of fused-ring (bicyclic) bond motifs is 7. The highest BCUT2D eigenvalue weighted by molar-refractivity contribution is 5.87. The van der Waals surface area contributed by atoms with Gasteiger partial charge in [-0.25, -0.2) is 0 Å². The minimum atomic E-state index is -1.78. The molecule has 0 spiro atoms. The van der Waals surface area contributed by atoms with E-state index < -0.39 is 129 Å². The molecule has 65 heavy (non-hydrogen) atoms. The molecule has 8 aliphatic rings. The quantitative estimate of drug-likeness (QED) is 0.0843. The lowest BCUT2D eigenvalue weighted by atomic mass is 9.44. The second-order valence-corrected chi connectivity index (χ2v) is 21.3. The third kappa shape index (κ3) is 8.69. The standard InChI is InChI=1S/C45H74O20/c1-18(17-59-40-37(56)34(53)31(50)26(14-46)61-40)7-10-45(58)19(2)30-25(65-45)12-24-22-6-5-20-11-21(8-9-43(20,3)23(22)13-29(49)44(24,30)4)60-42-39(36(55)33(52)28(16-48)63-42)64-41-38(57)35(54)32(51)27(15-47)62-41/h18-28,30-42,46-48,50-58H,5-17H2,1-4H3/t18-,19+,20-,21+,22-,23+,24-,25+,26-,27-,28-,30+,31-,32-,33+,34+,35+,36+,37-,38-,39-,40-,41+,42-,43+,44-,45-/m1/s1. The first-order chi connectivity index (χ1) is 30.7. The number of hydrogen-bond donors (Lipinski definition) is 12. The minimum absolute atomic E-state index is 0.0765. The Hall–Kier alpha value is -1.09. The lowest BCUT2D eigenvalue weighted by Crippen LogP contribution is -2.65. The van der Waals surface area contributed by atoms with Gasteiger partial charge in [-0.3, -0.25) is 4.79 Å². The SMILES string of the molecule is C[C@H](CC[C@@]1(O)O[C@H]2C[C@@H]3[C@@H]4CC[C@@H]5C[C@@H](O[C@@H]6O[C@H](CO)[C@H](O)[C@H](O)[C@H]6O[C@@H]6O[C@H](CO)[C@@H](O)[C@H](O)[C@H]6O)CC[C@]5(C)[C@H]4CC(=O)[C@]3(C)[C@H]2[C@@H]1C)CO[C@@H]1O[C@H](CO)[C@@H](O)[C@H](O)[C@H]1O. The number of carbonyl (C=O) groups excluding carboxylic acids is 1. The summed E-state index contributed by atoms with van der Waals surface area (Å²) in [5.74, 6) is -1.26. The number of aliphatic hydroxyl groups is 12. The highest BCUT2D eigenvalue weighted by Crippen LogP contribution is 2.70. The van der Waals surface area contributed by atoms with Gasteiger partial charge in [0.1, 0.15) is 79.0 Å². The Morgan fingerprint density at radius 1 is 0.708 bits per heavy atom. The Morgan fingerprint density at radius 3 is 1.92 bits per heavy atom. The molecule has 4 heterocycles. The van der Waals surface area contributed by atoms with Gasteiger partial charge in [-0.05, 0) is 80.0 Å². The summed E-state index contributed by atoms with van der Waals surface area (Å²) in [4.78, 5) is 14.7. The van der Waals surface area contributed by atoms with Crippen LogP contribution in [0, 0.1) is 52.3 Å². The van der Waals surface area contributed by atoms with Gasteiger partial charge in [0, 0.05) is 30.1 Å². The van der Waals surface area contributed by atoms with Gasteiger partial charge in [0.05, 0.1) is 38.6 Å². The zero-order valence-corrected chi connectivity index (χ0v) is 37.7. The lowest BCUT2D eigenvalue weighted by molar-refractivity contribution is -0.373. The van der Waals surface area contributed by atoms with Gasteiger partial charge in [-0.2, -0.15) is 0 Å². The van der Waals surface area contributed by atoms with Crippen molar-refractivity contribution in [1.29, 1.82) is 0 Å². The van der Waals surface area contributed by atoms with Crippen LogP contribution < -0.4 is 0 Å². The molecule has 0 bridgehead atoms. The predicted octanol–water partition coefficient (Wildman–Crippen LogP) is -2.60. The molecule has 8 rings (SSSR count). The Labute approximate surface area is 378 Å². The molecule has 0 radical (unpaired) electrons. The number of ether oxygens (including phenoxy) is 7. The number of hydrogen-bond acceptors (Lipinski definition) is 20. The van der Waals surface area contributed by atoms with Crippen molar-refractivity contribution in [2.45, 2.75) is 196 Å². The maximum absolute atomic E-state index is 14.7. The molecule has 20 nitrogen and oxygen atoms in total. The molecule has 0 aromatic carbocycles. The van der Waals surface area contributed by atoms with Gasteiger partial charge in [0.25, 0.3) is 0 Å². The Balaban J connectivity index is 0.887. The molecule has 20 heteroatoms. The molecule has 4 saturated heterocycles. The first-order valence-corrected chi connectivity index (χ1v) is 23.8. The maximum Gasteiger partial charge on any atom is 0.187 e. The van der Waals surface area contributed by atoms with E-state index in [1.54, 1.807) is 0 Å². The molecule has 27 atom stereocenters. The lowest BCUT2D eigenvalue weighted by Gasteiger charge is -2.60. The van der Waals surface area contributed by atoms with Crippen LogP contribution >= 0.6 is 0 Å². The van der Waals surface area contributed by atoms with E-state index in [4.69, 9.17) is 33.2 Å². The van der Waals surface area contributed by atoms with Crippen LogP contribution in [-0.4, -0.2) is 204 Å². The average Bonchev–Trinajstić information content (AvgIpc) is 3.73. The summed E-state index contributed by atoms with van der Waals surface area (Å²) in [6.07, 6.45) is -17.4. The molecule has 12 N–H and O–H groups in total. The van der Waals surface area contributed by atoms with Crippen LogP contribution in [0.15, 0.2) is 0 Å². The van der Waals surface area contributed by atoms with Crippen LogP contribution in [0.1, 0.15) is 85.5 Å². The molecule has 0 amide bonds. The number of aliphatic hydroxyl groups excluding tert-OH is 11. The molecular formula is C45H74O20. The maximum atomic E-state index is 14.7. The van der Waals surface area contributed by atoms with Crippen molar-refractivity contribution < 1.29 is 99.2 Å². The fourth-order valence-electron chi connectivity index (χ4n) is 13.8. The molecule has 0 aromatic rings. The largest absolute Gasteiger partial charge is 0.394 e. The van der Waals surface area contributed by atoms with E-state index >= 15 is 0 Å². The topological polar surface area (TPSA) is 324 Å². The second kappa shape index (κ2) is 19.3. The summed E-state index contributed by atoms with van der Waals surface area (Å²) >= 11 is 0. The van der Waals surface area contributed by atoms with E-state index in [9.17, 15) is 66.1 Å². The Bertz CT molecular complexity index is 1640. The fraction of sp³-hybridized carbons (Fsp3) is 0.978. The highest BCUT2D eigenvalue weighted by Gasteiger charge is 2.71. The molecule has 0 unspecified atom stereocenters. The van der Waals surface area contributed by atoms with E-state index in [1.807, 2.05) is 13.8 Å². The molecular weight excluding hydrogens is 860 g/mol. The summed E-state index contributed by atoms with van der Waals surface area (Å²) in [6.45, 7) is 6.47. The van der Waals surface area contributed by atoms with E-state index in [0.29, 0.717) is 32.1 Å². The molecule has 0 aromatic heterocycles. The zero-order valence-electron chi connectivity index (χ0n) is 37.7. The van der Waals surface area contributed by atoms with Gasteiger partial charge in [0.2, 0.25) is 0 Å². The summed E-state index contributed by atoms with van der Waals surface area (Å²) in [7, 11) is 0. The molecule has 4 aliphatic carbocycles. The van der Waals surface area contributed by atoms with Crippen LogP contribution in [0.4, 0.5) is 0 Å². The third-order valence-corrected chi connectivity index (χ3v) is 17.9. The highest BCUT2D eigenvalue weighted by atomic mass is 16.8. The molecule has 374 valence electrons. The minimum Gasteiger partial charge on any atom is -0.394 e. The summed E-state index contributed by atoms with van der Waals surface area (Å²) in [5, 5.41) is 125. The molecule has 4 aliphatic heterocycles. The van der Waals surface area contributed by atoms with Gasteiger partial charge in [0.15, 0.2) is 24.7 Å². The molecule has 4 saturated carbocycles. The van der Waals surface area contributed by atoms with E-state index in [1.165, 1.54) is 0 Å². The van der Waals surface area contributed by atoms with Gasteiger partial charge in [-0.1, -0.05) is 27.7 Å². The predicted molar refractivity (Wildman–Crippen MR) is 219 cm³/mol. The van der Waals surface area contributed by atoms with Gasteiger partial charge >= 0.3 is 0 Å². The Morgan fingerprint density at radius 2 is 1.29 bits per heavy atom. The average molecular weight is 935 g/mol. The number of carbonyl (C=O) groups is 1. The third-order valence-electron chi connectivity index (χ3n) is 17.9.